The normalized spacial score (nSPS) is 16.3. The first-order valence-corrected chi connectivity index (χ1v) is 7.02. The molecule has 92 valence electrons. The first-order chi connectivity index (χ1) is 6.88. The molecule has 15 heavy (non-hydrogen) atoms. The maximum absolute atomic E-state index is 10.7. The molecule has 0 fully saturated rings. The third-order valence-electron chi connectivity index (χ3n) is 2.53. The number of aliphatic hydroxyl groups excluding tert-OH is 1. The number of hydrogen-bond donors (Lipinski definition) is 2. The summed E-state index contributed by atoms with van der Waals surface area (Å²) < 4.78 is 30.0. The van der Waals surface area contributed by atoms with E-state index in [9.17, 15) is 13.5 Å². The molecule has 0 bridgehead atoms. The SMILES string of the molecule is CCCC(O)CCCCC(C)S(=O)(=O)O. The van der Waals surface area contributed by atoms with Crippen molar-refractivity contribution in [2.24, 2.45) is 0 Å². The fourth-order valence-electron chi connectivity index (χ4n) is 1.44. The molecule has 2 unspecified atom stereocenters. The summed E-state index contributed by atoms with van der Waals surface area (Å²) in [5.74, 6) is 0. The Hall–Kier alpha value is -0.130. The van der Waals surface area contributed by atoms with Crippen molar-refractivity contribution in [3.63, 3.8) is 0 Å². The maximum atomic E-state index is 10.7. The minimum atomic E-state index is -3.88. The van der Waals surface area contributed by atoms with E-state index in [2.05, 4.69) is 0 Å². The Kier molecular flexibility index (Phi) is 7.13. The second-order valence-electron chi connectivity index (χ2n) is 4.05. The molecule has 0 saturated heterocycles. The van der Waals surface area contributed by atoms with Gasteiger partial charge in [-0.1, -0.05) is 26.2 Å². The summed E-state index contributed by atoms with van der Waals surface area (Å²) in [6, 6.07) is 0. The van der Waals surface area contributed by atoms with Crippen molar-refractivity contribution in [2.45, 2.75) is 63.7 Å². The highest BCUT2D eigenvalue weighted by Crippen LogP contribution is 2.12. The molecule has 2 N–H and O–H groups in total. The van der Waals surface area contributed by atoms with Gasteiger partial charge in [0.2, 0.25) is 0 Å². The first-order valence-electron chi connectivity index (χ1n) is 5.52. The van der Waals surface area contributed by atoms with Gasteiger partial charge in [-0.15, -0.1) is 0 Å². The summed E-state index contributed by atoms with van der Waals surface area (Å²) in [4.78, 5) is 0. The molecule has 0 amide bonds. The Labute approximate surface area is 92.4 Å². The van der Waals surface area contributed by atoms with Crippen LogP contribution in [0.4, 0.5) is 0 Å². The van der Waals surface area contributed by atoms with Gasteiger partial charge in [-0.3, -0.25) is 4.55 Å². The molecule has 5 heteroatoms. The number of unbranched alkanes of at least 4 members (excludes halogenated alkanes) is 1. The van der Waals surface area contributed by atoms with Crippen LogP contribution < -0.4 is 0 Å². The predicted octanol–water partition coefficient (Wildman–Crippen LogP) is 1.98. The molecule has 0 saturated carbocycles. The highest BCUT2D eigenvalue weighted by Gasteiger charge is 2.16. The second-order valence-corrected chi connectivity index (χ2v) is 5.89. The van der Waals surface area contributed by atoms with E-state index in [4.69, 9.17) is 4.55 Å². The van der Waals surface area contributed by atoms with Crippen LogP contribution in [0, 0.1) is 0 Å². The smallest absolute Gasteiger partial charge is 0.267 e. The third-order valence-corrected chi connectivity index (χ3v) is 3.78. The Morgan fingerprint density at radius 1 is 1.13 bits per heavy atom. The van der Waals surface area contributed by atoms with Crippen molar-refractivity contribution in [1.82, 2.24) is 0 Å². The number of aliphatic hydroxyl groups is 1. The van der Waals surface area contributed by atoms with Gasteiger partial charge in [-0.25, -0.2) is 0 Å². The van der Waals surface area contributed by atoms with Gasteiger partial charge in [0.15, 0.2) is 0 Å². The average Bonchev–Trinajstić information content (AvgIpc) is 2.11. The quantitative estimate of drug-likeness (QED) is 0.501. The highest BCUT2D eigenvalue weighted by atomic mass is 32.2. The fraction of sp³-hybridized carbons (Fsp3) is 1.00. The van der Waals surface area contributed by atoms with Crippen molar-refractivity contribution < 1.29 is 18.1 Å². The molecular formula is C10H22O4S. The summed E-state index contributed by atoms with van der Waals surface area (Å²) in [6.45, 7) is 3.52. The summed E-state index contributed by atoms with van der Waals surface area (Å²) >= 11 is 0. The minimum absolute atomic E-state index is 0.268. The molecular weight excluding hydrogens is 216 g/mol. The lowest BCUT2D eigenvalue weighted by Crippen LogP contribution is -2.16. The van der Waals surface area contributed by atoms with E-state index in [0.29, 0.717) is 12.8 Å². The van der Waals surface area contributed by atoms with Crippen molar-refractivity contribution in [1.29, 1.82) is 0 Å². The first kappa shape index (κ1) is 14.9. The Morgan fingerprint density at radius 3 is 2.13 bits per heavy atom. The van der Waals surface area contributed by atoms with Gasteiger partial charge in [0.1, 0.15) is 0 Å². The fourth-order valence-corrected chi connectivity index (χ4v) is 1.90. The van der Waals surface area contributed by atoms with E-state index < -0.39 is 15.4 Å². The lowest BCUT2D eigenvalue weighted by atomic mass is 10.1. The maximum Gasteiger partial charge on any atom is 0.267 e. The molecule has 2 atom stereocenters. The Bertz CT molecular complexity index is 248. The largest absolute Gasteiger partial charge is 0.393 e. The molecule has 0 radical (unpaired) electrons. The van der Waals surface area contributed by atoms with Crippen LogP contribution in [-0.2, 0) is 10.1 Å². The van der Waals surface area contributed by atoms with Crippen LogP contribution in [0.1, 0.15) is 52.4 Å². The number of rotatable bonds is 8. The van der Waals surface area contributed by atoms with Crippen molar-refractivity contribution in [2.75, 3.05) is 0 Å². The van der Waals surface area contributed by atoms with Crippen molar-refractivity contribution in [3.05, 3.63) is 0 Å². The molecule has 0 aliphatic rings. The van der Waals surface area contributed by atoms with Crippen LogP contribution in [0.15, 0.2) is 0 Å². The van der Waals surface area contributed by atoms with Gasteiger partial charge < -0.3 is 5.11 Å². The van der Waals surface area contributed by atoms with Gasteiger partial charge in [0.05, 0.1) is 11.4 Å². The molecule has 4 nitrogen and oxygen atoms in total. The molecule has 0 aliphatic carbocycles. The van der Waals surface area contributed by atoms with Crippen LogP contribution >= 0.6 is 0 Å². The van der Waals surface area contributed by atoms with E-state index in [1.165, 1.54) is 6.92 Å². The van der Waals surface area contributed by atoms with Crippen LogP contribution in [0.5, 0.6) is 0 Å². The van der Waals surface area contributed by atoms with E-state index in [-0.39, 0.29) is 6.10 Å². The van der Waals surface area contributed by atoms with Gasteiger partial charge in [0, 0.05) is 0 Å². The minimum Gasteiger partial charge on any atom is -0.393 e. The Balaban J connectivity index is 3.55. The standard InChI is InChI=1S/C10H22O4S/c1-3-6-10(11)8-5-4-7-9(2)15(12,13)14/h9-11H,3-8H2,1-2H3,(H,12,13,14). The zero-order valence-corrected chi connectivity index (χ0v) is 10.3. The summed E-state index contributed by atoms with van der Waals surface area (Å²) in [6.07, 6.45) is 4.19. The summed E-state index contributed by atoms with van der Waals surface area (Å²) in [7, 11) is -3.88. The van der Waals surface area contributed by atoms with Crippen molar-refractivity contribution >= 4 is 10.1 Å². The zero-order chi connectivity index (χ0) is 11.9. The van der Waals surface area contributed by atoms with E-state index in [0.717, 1.165) is 25.7 Å². The molecule has 0 aromatic heterocycles. The monoisotopic (exact) mass is 238 g/mol. The van der Waals surface area contributed by atoms with Crippen LogP contribution in [0.3, 0.4) is 0 Å². The average molecular weight is 238 g/mol. The molecule has 0 spiro atoms. The van der Waals surface area contributed by atoms with Gasteiger partial charge in [-0.2, -0.15) is 8.42 Å². The van der Waals surface area contributed by atoms with Gasteiger partial charge in [0.25, 0.3) is 10.1 Å². The van der Waals surface area contributed by atoms with Crippen LogP contribution in [-0.4, -0.2) is 29.4 Å². The summed E-state index contributed by atoms with van der Waals surface area (Å²) in [5.41, 5.74) is 0. The predicted molar refractivity (Wildman–Crippen MR) is 60.4 cm³/mol. The molecule has 0 aromatic rings. The van der Waals surface area contributed by atoms with Crippen molar-refractivity contribution in [3.8, 4) is 0 Å². The summed E-state index contributed by atoms with van der Waals surface area (Å²) in [5, 5.41) is 8.71. The number of hydrogen-bond acceptors (Lipinski definition) is 3. The van der Waals surface area contributed by atoms with Crippen LogP contribution in [0.25, 0.3) is 0 Å². The van der Waals surface area contributed by atoms with Gasteiger partial charge >= 0.3 is 0 Å². The molecule has 0 heterocycles. The molecule has 0 aliphatic heterocycles. The van der Waals surface area contributed by atoms with E-state index in [1.54, 1.807) is 0 Å². The van der Waals surface area contributed by atoms with E-state index >= 15 is 0 Å². The zero-order valence-electron chi connectivity index (χ0n) is 9.52. The van der Waals surface area contributed by atoms with E-state index in [1.807, 2.05) is 6.92 Å². The lowest BCUT2D eigenvalue weighted by molar-refractivity contribution is 0.150. The Morgan fingerprint density at radius 2 is 1.67 bits per heavy atom. The second kappa shape index (κ2) is 7.19. The van der Waals surface area contributed by atoms with Gasteiger partial charge in [-0.05, 0) is 26.2 Å². The topological polar surface area (TPSA) is 74.6 Å². The molecule has 0 aromatic carbocycles. The highest BCUT2D eigenvalue weighted by molar-refractivity contribution is 7.86. The molecule has 0 rings (SSSR count). The van der Waals surface area contributed by atoms with Crippen LogP contribution in [0.2, 0.25) is 0 Å². The third kappa shape index (κ3) is 7.76. The lowest BCUT2D eigenvalue weighted by Gasteiger charge is -2.10.